The van der Waals surface area contributed by atoms with Gasteiger partial charge in [0.05, 0.1) is 0 Å². The van der Waals surface area contributed by atoms with Crippen LogP contribution in [0.15, 0.2) is 0 Å². The average molecular weight is 130 g/mol. The summed E-state index contributed by atoms with van der Waals surface area (Å²) in [6.07, 6.45) is 1.60. The highest BCUT2D eigenvalue weighted by atomic mass is 19.1. The van der Waals surface area contributed by atoms with Crippen molar-refractivity contribution in [1.82, 2.24) is 0 Å². The Kier molecular flexibility index (Phi) is 1.54. The molecule has 0 spiro atoms. The van der Waals surface area contributed by atoms with E-state index in [1.54, 1.807) is 0 Å². The minimum atomic E-state index is -0.770. The molecule has 0 aliphatic heterocycles. The first-order valence-electron chi connectivity index (χ1n) is 3.75. The maximum Gasteiger partial charge on any atom is 0.114 e. The third kappa shape index (κ3) is 1.25. The summed E-state index contributed by atoms with van der Waals surface area (Å²) >= 11 is 0. The quantitative estimate of drug-likeness (QED) is 0.539. The number of hydrogen-bond acceptors (Lipinski definition) is 0. The highest BCUT2D eigenvalue weighted by Gasteiger charge is 2.48. The summed E-state index contributed by atoms with van der Waals surface area (Å²) in [5.41, 5.74) is -0.770. The Labute approximate surface area is 56.5 Å². The molecule has 0 bridgehead atoms. The lowest BCUT2D eigenvalue weighted by Crippen LogP contribution is -2.18. The standard InChI is InChI=1S/C8H15F/c1-6(2)7(3)8(9)4-5-8/h6-7H,4-5H2,1-3H3. The van der Waals surface area contributed by atoms with Gasteiger partial charge in [-0.15, -0.1) is 0 Å². The van der Waals surface area contributed by atoms with E-state index in [0.29, 0.717) is 5.92 Å². The molecule has 0 aromatic rings. The van der Waals surface area contributed by atoms with Crippen molar-refractivity contribution in [3.05, 3.63) is 0 Å². The molecule has 0 radical (unpaired) electrons. The van der Waals surface area contributed by atoms with Crippen molar-refractivity contribution in [1.29, 1.82) is 0 Å². The summed E-state index contributed by atoms with van der Waals surface area (Å²) < 4.78 is 13.1. The predicted octanol–water partition coefficient (Wildman–Crippen LogP) is 2.78. The van der Waals surface area contributed by atoms with Crippen molar-refractivity contribution in [2.75, 3.05) is 0 Å². The lowest BCUT2D eigenvalue weighted by Gasteiger charge is -2.18. The van der Waals surface area contributed by atoms with E-state index in [4.69, 9.17) is 0 Å². The Morgan fingerprint density at radius 1 is 1.22 bits per heavy atom. The molecule has 0 aromatic carbocycles. The second-order valence-corrected chi connectivity index (χ2v) is 3.57. The van der Waals surface area contributed by atoms with Gasteiger partial charge in [-0.05, 0) is 24.7 Å². The van der Waals surface area contributed by atoms with Gasteiger partial charge in [0.25, 0.3) is 0 Å². The number of rotatable bonds is 2. The molecule has 1 unspecified atom stereocenters. The van der Waals surface area contributed by atoms with E-state index < -0.39 is 5.67 Å². The summed E-state index contributed by atoms with van der Waals surface area (Å²) in [4.78, 5) is 0. The van der Waals surface area contributed by atoms with Gasteiger partial charge in [0.1, 0.15) is 5.67 Å². The van der Waals surface area contributed by atoms with Gasteiger partial charge in [0, 0.05) is 0 Å². The second kappa shape index (κ2) is 1.96. The molecule has 0 saturated heterocycles. The molecule has 54 valence electrons. The van der Waals surface area contributed by atoms with E-state index in [2.05, 4.69) is 13.8 Å². The average Bonchev–Trinajstić information content (AvgIpc) is 2.47. The Morgan fingerprint density at radius 2 is 1.67 bits per heavy atom. The van der Waals surface area contributed by atoms with Crippen molar-refractivity contribution >= 4 is 0 Å². The van der Waals surface area contributed by atoms with E-state index in [1.165, 1.54) is 0 Å². The molecule has 0 N–H and O–H groups in total. The van der Waals surface area contributed by atoms with Crippen molar-refractivity contribution < 1.29 is 4.39 Å². The maximum absolute atomic E-state index is 13.1. The van der Waals surface area contributed by atoms with E-state index >= 15 is 0 Å². The molecule has 0 amide bonds. The molecular formula is C8H15F. The summed E-state index contributed by atoms with van der Waals surface area (Å²) in [5, 5.41) is 0. The van der Waals surface area contributed by atoms with Crippen molar-refractivity contribution in [3.8, 4) is 0 Å². The second-order valence-electron chi connectivity index (χ2n) is 3.57. The summed E-state index contributed by atoms with van der Waals surface area (Å²) in [6, 6.07) is 0. The topological polar surface area (TPSA) is 0 Å². The minimum Gasteiger partial charge on any atom is -0.244 e. The van der Waals surface area contributed by atoms with Gasteiger partial charge in [-0.3, -0.25) is 0 Å². The first-order chi connectivity index (χ1) is 4.06. The van der Waals surface area contributed by atoms with E-state index in [-0.39, 0.29) is 5.92 Å². The zero-order chi connectivity index (χ0) is 7.07. The smallest absolute Gasteiger partial charge is 0.114 e. The molecule has 1 heteroatoms. The SMILES string of the molecule is CC(C)C(C)C1(F)CC1. The molecule has 1 atom stereocenters. The zero-order valence-corrected chi connectivity index (χ0v) is 6.45. The Hall–Kier alpha value is -0.0700. The maximum atomic E-state index is 13.1. The summed E-state index contributed by atoms with van der Waals surface area (Å²) in [5.74, 6) is 0.759. The molecule has 1 aliphatic carbocycles. The van der Waals surface area contributed by atoms with Gasteiger partial charge in [-0.1, -0.05) is 20.8 Å². The van der Waals surface area contributed by atoms with Crippen LogP contribution in [0.25, 0.3) is 0 Å². The van der Waals surface area contributed by atoms with Crippen molar-refractivity contribution in [2.24, 2.45) is 11.8 Å². The molecule has 0 aromatic heterocycles. The van der Waals surface area contributed by atoms with Crippen LogP contribution in [-0.4, -0.2) is 5.67 Å². The molecule has 0 heterocycles. The lowest BCUT2D eigenvalue weighted by molar-refractivity contribution is 0.172. The van der Waals surface area contributed by atoms with E-state index in [0.717, 1.165) is 12.8 Å². The van der Waals surface area contributed by atoms with Crippen LogP contribution < -0.4 is 0 Å². The lowest BCUT2D eigenvalue weighted by atomic mass is 9.92. The minimum absolute atomic E-state index is 0.262. The van der Waals surface area contributed by atoms with Crippen LogP contribution in [0.2, 0.25) is 0 Å². The molecule has 1 rings (SSSR count). The van der Waals surface area contributed by atoms with Crippen LogP contribution in [0.5, 0.6) is 0 Å². The van der Waals surface area contributed by atoms with Gasteiger partial charge in [-0.2, -0.15) is 0 Å². The predicted molar refractivity (Wildman–Crippen MR) is 37.1 cm³/mol. The van der Waals surface area contributed by atoms with Crippen LogP contribution in [0.4, 0.5) is 4.39 Å². The summed E-state index contributed by atoms with van der Waals surface area (Å²) in [6.45, 7) is 6.19. The van der Waals surface area contributed by atoms with E-state index in [9.17, 15) is 4.39 Å². The summed E-state index contributed by atoms with van der Waals surface area (Å²) in [7, 11) is 0. The van der Waals surface area contributed by atoms with E-state index in [1.807, 2.05) is 6.92 Å². The molecule has 1 fully saturated rings. The fraction of sp³-hybridized carbons (Fsp3) is 1.00. The van der Waals surface area contributed by atoms with Gasteiger partial charge in [0.15, 0.2) is 0 Å². The molecule has 9 heavy (non-hydrogen) atoms. The third-order valence-electron chi connectivity index (χ3n) is 2.54. The Balaban J connectivity index is 2.42. The monoisotopic (exact) mass is 130 g/mol. The van der Waals surface area contributed by atoms with Gasteiger partial charge >= 0.3 is 0 Å². The van der Waals surface area contributed by atoms with Crippen LogP contribution >= 0.6 is 0 Å². The first-order valence-corrected chi connectivity index (χ1v) is 3.75. The zero-order valence-electron chi connectivity index (χ0n) is 6.45. The number of hydrogen-bond donors (Lipinski definition) is 0. The normalized spacial score (nSPS) is 26.3. The molecule has 1 saturated carbocycles. The van der Waals surface area contributed by atoms with Crippen molar-refractivity contribution in [3.63, 3.8) is 0 Å². The molecule has 0 nitrogen and oxygen atoms in total. The van der Waals surface area contributed by atoms with Gasteiger partial charge in [0.2, 0.25) is 0 Å². The number of alkyl halides is 1. The van der Waals surface area contributed by atoms with Gasteiger partial charge < -0.3 is 0 Å². The fourth-order valence-corrected chi connectivity index (χ4v) is 1.17. The largest absolute Gasteiger partial charge is 0.244 e. The first kappa shape index (κ1) is 7.04. The Bertz CT molecular complexity index is 103. The third-order valence-corrected chi connectivity index (χ3v) is 2.54. The van der Waals surface area contributed by atoms with Crippen LogP contribution in [-0.2, 0) is 0 Å². The molecule has 1 aliphatic rings. The van der Waals surface area contributed by atoms with Crippen LogP contribution in [0.3, 0.4) is 0 Å². The van der Waals surface area contributed by atoms with Crippen LogP contribution in [0, 0.1) is 11.8 Å². The Morgan fingerprint density at radius 3 is 1.78 bits per heavy atom. The highest BCUT2D eigenvalue weighted by Crippen LogP contribution is 2.48. The fourth-order valence-electron chi connectivity index (χ4n) is 1.17. The number of halogens is 1. The molecular weight excluding hydrogens is 115 g/mol. The van der Waals surface area contributed by atoms with Crippen LogP contribution in [0.1, 0.15) is 33.6 Å². The van der Waals surface area contributed by atoms with Gasteiger partial charge in [-0.25, -0.2) is 4.39 Å². The highest BCUT2D eigenvalue weighted by molar-refractivity contribution is 4.98. The van der Waals surface area contributed by atoms with Crippen molar-refractivity contribution in [2.45, 2.75) is 39.3 Å².